The second kappa shape index (κ2) is 5.78. The summed E-state index contributed by atoms with van der Waals surface area (Å²) in [7, 11) is 0. The van der Waals surface area contributed by atoms with E-state index >= 15 is 0 Å². The van der Waals surface area contributed by atoms with Crippen LogP contribution in [-0.4, -0.2) is 6.54 Å². The molecule has 0 bridgehead atoms. The molecule has 2 aromatic heterocycles. The van der Waals surface area contributed by atoms with Crippen LogP contribution in [0.1, 0.15) is 42.7 Å². The van der Waals surface area contributed by atoms with E-state index in [0.29, 0.717) is 0 Å². The molecule has 21 heavy (non-hydrogen) atoms. The molecule has 1 aromatic carbocycles. The number of rotatable bonds is 5. The predicted molar refractivity (Wildman–Crippen MR) is 84.6 cm³/mol. The molecular weight excluding hydrogens is 262 g/mol. The average molecular weight is 283 g/mol. The van der Waals surface area contributed by atoms with E-state index in [1.54, 1.807) is 0 Å². The maximum Gasteiger partial charge on any atom is 0.134 e. The largest absolute Gasteiger partial charge is 0.464 e. The molecule has 0 amide bonds. The fourth-order valence-corrected chi connectivity index (χ4v) is 2.61. The Morgan fingerprint density at radius 1 is 1.00 bits per heavy atom. The van der Waals surface area contributed by atoms with Crippen LogP contribution in [-0.2, 0) is 6.42 Å². The van der Waals surface area contributed by atoms with Crippen LogP contribution in [0.2, 0.25) is 0 Å². The third-order valence-electron chi connectivity index (χ3n) is 3.70. The summed E-state index contributed by atoms with van der Waals surface area (Å²) in [6, 6.07) is 12.4. The Bertz CT molecular complexity index is 739. The van der Waals surface area contributed by atoms with Gasteiger partial charge in [-0.25, -0.2) is 0 Å². The van der Waals surface area contributed by atoms with Crippen molar-refractivity contribution in [2.75, 3.05) is 6.54 Å². The van der Waals surface area contributed by atoms with Crippen molar-refractivity contribution in [2.24, 2.45) is 0 Å². The van der Waals surface area contributed by atoms with Gasteiger partial charge >= 0.3 is 0 Å². The number of hydrogen-bond acceptors (Lipinski definition) is 3. The van der Waals surface area contributed by atoms with E-state index in [1.165, 1.54) is 5.56 Å². The molecule has 0 spiro atoms. The van der Waals surface area contributed by atoms with E-state index in [-0.39, 0.29) is 6.04 Å². The minimum Gasteiger partial charge on any atom is -0.464 e. The highest BCUT2D eigenvalue weighted by molar-refractivity contribution is 5.78. The number of nitrogens with one attached hydrogen (secondary N) is 1. The summed E-state index contributed by atoms with van der Waals surface area (Å²) in [5.41, 5.74) is 2.15. The molecule has 2 heterocycles. The van der Waals surface area contributed by atoms with E-state index < -0.39 is 0 Å². The van der Waals surface area contributed by atoms with Gasteiger partial charge in [-0.2, -0.15) is 0 Å². The van der Waals surface area contributed by atoms with Crippen LogP contribution in [0.3, 0.4) is 0 Å². The molecule has 0 saturated heterocycles. The maximum atomic E-state index is 6.01. The van der Waals surface area contributed by atoms with Crippen molar-refractivity contribution in [1.82, 2.24) is 5.32 Å². The number of benzene rings is 1. The summed E-state index contributed by atoms with van der Waals surface area (Å²) >= 11 is 0. The standard InChI is InChI=1S/C18H21NO2/c1-4-14-7-9-16(20-14)18(19-5-2)17-11-13-10-12(3)6-8-15(13)21-17/h6-11,18-19H,4-5H2,1-3H3. The van der Waals surface area contributed by atoms with Gasteiger partial charge in [0.05, 0.1) is 0 Å². The molecule has 0 aliphatic heterocycles. The zero-order valence-corrected chi connectivity index (χ0v) is 12.8. The lowest BCUT2D eigenvalue weighted by molar-refractivity contribution is 0.389. The molecule has 0 aliphatic rings. The lowest BCUT2D eigenvalue weighted by atomic mass is 10.1. The van der Waals surface area contributed by atoms with Crippen LogP contribution in [0.5, 0.6) is 0 Å². The molecule has 3 rings (SSSR count). The van der Waals surface area contributed by atoms with E-state index in [0.717, 1.165) is 41.2 Å². The fraction of sp³-hybridized carbons (Fsp3) is 0.333. The molecule has 0 aliphatic carbocycles. The van der Waals surface area contributed by atoms with Gasteiger partial charge in [0.25, 0.3) is 0 Å². The van der Waals surface area contributed by atoms with Crippen LogP contribution in [0, 0.1) is 6.92 Å². The summed E-state index contributed by atoms with van der Waals surface area (Å²) < 4.78 is 11.9. The van der Waals surface area contributed by atoms with E-state index in [1.807, 2.05) is 18.2 Å². The summed E-state index contributed by atoms with van der Waals surface area (Å²) in [6.45, 7) is 7.12. The van der Waals surface area contributed by atoms with Gasteiger partial charge in [0.2, 0.25) is 0 Å². The lowest BCUT2D eigenvalue weighted by Gasteiger charge is -2.12. The summed E-state index contributed by atoms with van der Waals surface area (Å²) in [5.74, 6) is 2.80. The molecular formula is C18H21NO2. The van der Waals surface area contributed by atoms with E-state index in [2.05, 4.69) is 44.3 Å². The highest BCUT2D eigenvalue weighted by Crippen LogP contribution is 2.30. The zero-order valence-electron chi connectivity index (χ0n) is 12.8. The number of fused-ring (bicyclic) bond motifs is 1. The quantitative estimate of drug-likeness (QED) is 0.744. The Balaban J connectivity index is 2.01. The van der Waals surface area contributed by atoms with Gasteiger partial charge in [-0.15, -0.1) is 0 Å². The summed E-state index contributed by atoms with van der Waals surface area (Å²) in [6.07, 6.45) is 0.901. The second-order valence-electron chi connectivity index (χ2n) is 5.34. The first kappa shape index (κ1) is 14.0. The molecule has 1 N–H and O–H groups in total. The Hall–Kier alpha value is -2.00. The van der Waals surface area contributed by atoms with Gasteiger partial charge in [-0.05, 0) is 43.8 Å². The Labute approximate surface area is 124 Å². The maximum absolute atomic E-state index is 6.01. The van der Waals surface area contributed by atoms with Crippen LogP contribution >= 0.6 is 0 Å². The van der Waals surface area contributed by atoms with Crippen molar-refractivity contribution in [3.05, 3.63) is 59.2 Å². The van der Waals surface area contributed by atoms with Gasteiger partial charge in [0, 0.05) is 11.8 Å². The molecule has 0 radical (unpaired) electrons. The molecule has 0 fully saturated rings. The molecule has 3 heteroatoms. The molecule has 0 saturated carbocycles. The Morgan fingerprint density at radius 3 is 2.57 bits per heavy atom. The highest BCUT2D eigenvalue weighted by atomic mass is 16.4. The van der Waals surface area contributed by atoms with Gasteiger partial charge in [-0.3, -0.25) is 0 Å². The summed E-state index contributed by atoms with van der Waals surface area (Å²) in [5, 5.41) is 4.58. The minimum atomic E-state index is -0.0389. The van der Waals surface area contributed by atoms with E-state index in [9.17, 15) is 0 Å². The Kier molecular flexibility index (Phi) is 3.84. The molecule has 1 atom stereocenters. The van der Waals surface area contributed by atoms with Crippen molar-refractivity contribution in [3.63, 3.8) is 0 Å². The number of hydrogen-bond donors (Lipinski definition) is 1. The van der Waals surface area contributed by atoms with Crippen LogP contribution in [0.4, 0.5) is 0 Å². The van der Waals surface area contributed by atoms with Crippen molar-refractivity contribution >= 4 is 11.0 Å². The first-order valence-electron chi connectivity index (χ1n) is 7.53. The predicted octanol–water partition coefficient (Wildman–Crippen LogP) is 4.60. The van der Waals surface area contributed by atoms with Crippen molar-refractivity contribution in [1.29, 1.82) is 0 Å². The Morgan fingerprint density at radius 2 is 1.86 bits per heavy atom. The molecule has 110 valence electrons. The highest BCUT2D eigenvalue weighted by Gasteiger charge is 2.21. The van der Waals surface area contributed by atoms with Gasteiger partial charge in [0.15, 0.2) is 0 Å². The fourth-order valence-electron chi connectivity index (χ4n) is 2.61. The third kappa shape index (κ3) is 2.74. The van der Waals surface area contributed by atoms with Gasteiger partial charge < -0.3 is 14.2 Å². The molecule has 3 aromatic rings. The monoisotopic (exact) mass is 283 g/mol. The van der Waals surface area contributed by atoms with Gasteiger partial charge in [0.1, 0.15) is 28.9 Å². The van der Waals surface area contributed by atoms with Crippen LogP contribution in [0.15, 0.2) is 45.2 Å². The molecule has 3 nitrogen and oxygen atoms in total. The first-order valence-corrected chi connectivity index (χ1v) is 7.53. The lowest BCUT2D eigenvalue weighted by Crippen LogP contribution is -2.20. The van der Waals surface area contributed by atoms with Crippen molar-refractivity contribution < 1.29 is 8.83 Å². The first-order chi connectivity index (χ1) is 10.2. The van der Waals surface area contributed by atoms with Crippen LogP contribution < -0.4 is 5.32 Å². The number of furan rings is 2. The van der Waals surface area contributed by atoms with Crippen molar-refractivity contribution in [2.45, 2.75) is 33.2 Å². The SMILES string of the molecule is CCNC(c1ccc(CC)o1)c1cc2cc(C)ccc2o1. The summed E-state index contributed by atoms with van der Waals surface area (Å²) in [4.78, 5) is 0. The zero-order chi connectivity index (χ0) is 14.8. The van der Waals surface area contributed by atoms with Gasteiger partial charge in [-0.1, -0.05) is 25.5 Å². The smallest absolute Gasteiger partial charge is 0.134 e. The minimum absolute atomic E-state index is 0.0389. The molecule has 1 unspecified atom stereocenters. The van der Waals surface area contributed by atoms with E-state index in [4.69, 9.17) is 8.83 Å². The second-order valence-corrected chi connectivity index (χ2v) is 5.34. The van der Waals surface area contributed by atoms with Crippen LogP contribution in [0.25, 0.3) is 11.0 Å². The normalized spacial score (nSPS) is 12.9. The topological polar surface area (TPSA) is 38.3 Å². The average Bonchev–Trinajstić information content (AvgIpc) is 3.10. The third-order valence-corrected chi connectivity index (χ3v) is 3.70. The van der Waals surface area contributed by atoms with Crippen molar-refractivity contribution in [3.8, 4) is 0 Å². The number of aryl methyl sites for hydroxylation is 2.